The first-order valence-electron chi connectivity index (χ1n) is 7.84. The van der Waals surface area contributed by atoms with Crippen LogP contribution in [-0.2, 0) is 4.79 Å². The predicted molar refractivity (Wildman–Crippen MR) is 105 cm³/mol. The van der Waals surface area contributed by atoms with E-state index in [9.17, 15) is 10.1 Å². The second-order valence-corrected chi connectivity index (χ2v) is 6.96. The van der Waals surface area contributed by atoms with Gasteiger partial charge in [-0.2, -0.15) is 5.26 Å². The first kappa shape index (κ1) is 17.9. The fraction of sp³-hybridized carbons (Fsp3) is 0.167. The smallest absolute Gasteiger partial charge is 0.225 e. The summed E-state index contributed by atoms with van der Waals surface area (Å²) in [6.45, 7) is 3.96. The van der Waals surface area contributed by atoms with E-state index in [0.717, 1.165) is 11.3 Å². The first-order valence-corrected chi connectivity index (χ1v) is 9.60. The number of nitriles is 1. The monoisotopic (exact) mass is 381 g/mol. The summed E-state index contributed by atoms with van der Waals surface area (Å²) in [5, 5.41) is 14.5. The zero-order valence-corrected chi connectivity index (χ0v) is 15.8. The van der Waals surface area contributed by atoms with E-state index in [1.165, 1.54) is 29.6 Å². The molecule has 3 aromatic rings. The number of hydrogen-bond donors (Lipinski definition) is 0. The highest BCUT2D eigenvalue weighted by atomic mass is 32.1. The minimum Gasteiger partial charge on any atom is -0.289 e. The van der Waals surface area contributed by atoms with Crippen molar-refractivity contribution >= 4 is 45.4 Å². The summed E-state index contributed by atoms with van der Waals surface area (Å²) in [6, 6.07) is 5.94. The molecule has 0 bridgehead atoms. The minimum absolute atomic E-state index is 0.0557. The van der Waals surface area contributed by atoms with Crippen molar-refractivity contribution in [3.8, 4) is 17.3 Å². The summed E-state index contributed by atoms with van der Waals surface area (Å²) in [7, 11) is 0. The van der Waals surface area contributed by atoms with Crippen LogP contribution in [0, 0.1) is 11.3 Å². The number of aromatic nitrogens is 3. The summed E-state index contributed by atoms with van der Waals surface area (Å²) in [5.41, 5.74) is 2.84. The fourth-order valence-corrected chi connectivity index (χ4v) is 3.99. The maximum Gasteiger partial charge on any atom is 0.225 e. The number of nitrogens with zero attached hydrogens (tertiary/aromatic N) is 5. The molecule has 8 heteroatoms. The lowest BCUT2D eigenvalue weighted by Gasteiger charge is -2.14. The third kappa shape index (κ3) is 3.85. The first-order chi connectivity index (χ1) is 12.6. The maximum absolute atomic E-state index is 11.6. The number of hydrogen-bond acceptors (Lipinski definition) is 7. The molecule has 0 fully saturated rings. The number of pyridine rings is 1. The quantitative estimate of drug-likeness (QED) is 0.621. The molecule has 0 saturated carbocycles. The van der Waals surface area contributed by atoms with Crippen LogP contribution < -0.4 is 4.90 Å². The van der Waals surface area contributed by atoms with Crippen molar-refractivity contribution in [2.24, 2.45) is 0 Å². The van der Waals surface area contributed by atoms with Gasteiger partial charge in [-0.1, -0.05) is 0 Å². The number of amides is 1. The van der Waals surface area contributed by atoms with E-state index in [2.05, 4.69) is 21.0 Å². The van der Waals surface area contributed by atoms with Crippen molar-refractivity contribution in [2.45, 2.75) is 13.8 Å². The van der Waals surface area contributed by atoms with E-state index in [0.29, 0.717) is 28.0 Å². The molecule has 0 N–H and O–H groups in total. The third-order valence-electron chi connectivity index (χ3n) is 3.56. The van der Waals surface area contributed by atoms with Gasteiger partial charge in [0.05, 0.1) is 17.0 Å². The molecule has 6 nitrogen and oxygen atoms in total. The molecule has 26 heavy (non-hydrogen) atoms. The SMILES string of the molecule is CCN(C(C)=O)c1nc(/C=C(\C#N)c2nc(-c3ccncc3)cs2)cs1. The summed E-state index contributed by atoms with van der Waals surface area (Å²) < 4.78 is 0. The largest absolute Gasteiger partial charge is 0.289 e. The van der Waals surface area contributed by atoms with Crippen LogP contribution in [0.25, 0.3) is 22.9 Å². The van der Waals surface area contributed by atoms with Crippen LogP contribution in [0.1, 0.15) is 24.5 Å². The molecule has 3 rings (SSSR count). The van der Waals surface area contributed by atoms with Gasteiger partial charge in [-0.15, -0.1) is 22.7 Å². The number of allylic oxidation sites excluding steroid dienone is 1. The van der Waals surface area contributed by atoms with Gasteiger partial charge < -0.3 is 0 Å². The average molecular weight is 381 g/mol. The van der Waals surface area contributed by atoms with Gasteiger partial charge >= 0.3 is 0 Å². The van der Waals surface area contributed by atoms with Gasteiger partial charge in [0.15, 0.2) is 5.13 Å². The zero-order chi connectivity index (χ0) is 18.5. The number of carbonyl (C=O) groups excluding carboxylic acids is 1. The molecule has 3 aromatic heterocycles. The predicted octanol–water partition coefficient (Wildman–Crippen LogP) is 4.10. The third-order valence-corrected chi connectivity index (χ3v) is 5.32. The topological polar surface area (TPSA) is 82.8 Å². The summed E-state index contributed by atoms with van der Waals surface area (Å²) >= 11 is 2.78. The standard InChI is InChI=1S/C18H15N5OS2/c1-3-23(12(2)24)18-21-15(10-26-18)8-14(9-19)17-22-16(11-25-17)13-4-6-20-7-5-13/h4-8,10-11H,3H2,1-2H3/b14-8+. The molecule has 0 saturated heterocycles. The molecule has 0 aliphatic heterocycles. The number of thiazole rings is 2. The lowest BCUT2D eigenvalue weighted by atomic mass is 10.2. The van der Waals surface area contributed by atoms with Gasteiger partial charge in [0.1, 0.15) is 11.1 Å². The van der Waals surface area contributed by atoms with Crippen LogP contribution in [0.5, 0.6) is 0 Å². The van der Waals surface area contributed by atoms with E-state index in [-0.39, 0.29) is 5.91 Å². The van der Waals surface area contributed by atoms with Crippen molar-refractivity contribution in [1.29, 1.82) is 5.26 Å². The molecule has 0 spiro atoms. The summed E-state index contributed by atoms with van der Waals surface area (Å²) in [4.78, 5) is 26.2. The van der Waals surface area contributed by atoms with Crippen LogP contribution >= 0.6 is 22.7 Å². The highest BCUT2D eigenvalue weighted by Crippen LogP contribution is 2.28. The van der Waals surface area contributed by atoms with Crippen LogP contribution in [0.3, 0.4) is 0 Å². The maximum atomic E-state index is 11.6. The van der Waals surface area contributed by atoms with Crippen LogP contribution in [-0.4, -0.2) is 27.4 Å². The van der Waals surface area contributed by atoms with Crippen molar-refractivity contribution in [3.05, 3.63) is 46.0 Å². The van der Waals surface area contributed by atoms with Gasteiger partial charge in [0.2, 0.25) is 5.91 Å². The lowest BCUT2D eigenvalue weighted by Crippen LogP contribution is -2.27. The van der Waals surface area contributed by atoms with Crippen molar-refractivity contribution in [2.75, 3.05) is 11.4 Å². The van der Waals surface area contributed by atoms with Crippen molar-refractivity contribution in [3.63, 3.8) is 0 Å². The van der Waals surface area contributed by atoms with Crippen molar-refractivity contribution < 1.29 is 4.79 Å². The number of anilines is 1. The Morgan fingerprint density at radius 3 is 2.69 bits per heavy atom. The Kier molecular flexibility index (Phi) is 5.51. The van der Waals surface area contributed by atoms with E-state index in [1.807, 2.05) is 29.8 Å². The molecular formula is C18H15N5OS2. The fourth-order valence-electron chi connectivity index (χ4n) is 2.30. The Labute approximate surface area is 159 Å². The van der Waals surface area contributed by atoms with Crippen molar-refractivity contribution in [1.82, 2.24) is 15.0 Å². The molecule has 3 heterocycles. The normalized spacial score (nSPS) is 11.2. The second kappa shape index (κ2) is 7.99. The molecule has 0 atom stereocenters. The van der Waals surface area contributed by atoms with Gasteiger partial charge in [-0.25, -0.2) is 9.97 Å². The molecule has 1 amide bonds. The Hall–Kier alpha value is -2.89. The van der Waals surface area contributed by atoms with Gasteiger partial charge in [-0.3, -0.25) is 14.7 Å². The number of carbonyl (C=O) groups is 1. The molecule has 0 radical (unpaired) electrons. The zero-order valence-electron chi connectivity index (χ0n) is 14.2. The van der Waals surface area contributed by atoms with E-state index in [4.69, 9.17) is 0 Å². The highest BCUT2D eigenvalue weighted by molar-refractivity contribution is 7.14. The number of rotatable bonds is 5. The van der Waals surface area contributed by atoms with E-state index < -0.39 is 0 Å². The van der Waals surface area contributed by atoms with Gasteiger partial charge in [-0.05, 0) is 25.1 Å². The Balaban J connectivity index is 1.88. The van der Waals surface area contributed by atoms with Gasteiger partial charge in [0.25, 0.3) is 0 Å². The summed E-state index contributed by atoms with van der Waals surface area (Å²) in [5.74, 6) is -0.0557. The minimum atomic E-state index is -0.0557. The van der Waals surface area contributed by atoms with E-state index in [1.54, 1.807) is 23.4 Å². The lowest BCUT2D eigenvalue weighted by molar-refractivity contribution is -0.116. The molecular weight excluding hydrogens is 366 g/mol. The second-order valence-electron chi connectivity index (χ2n) is 5.26. The average Bonchev–Trinajstić information content (AvgIpc) is 3.30. The summed E-state index contributed by atoms with van der Waals surface area (Å²) in [6.07, 6.45) is 5.12. The van der Waals surface area contributed by atoms with E-state index >= 15 is 0 Å². The Morgan fingerprint density at radius 2 is 2.04 bits per heavy atom. The molecule has 0 unspecified atom stereocenters. The molecule has 0 aromatic carbocycles. The Bertz CT molecular complexity index is 984. The molecule has 0 aliphatic rings. The van der Waals surface area contributed by atoms with Gasteiger partial charge in [0, 0.05) is 42.2 Å². The van der Waals surface area contributed by atoms with Crippen LogP contribution in [0.2, 0.25) is 0 Å². The highest BCUT2D eigenvalue weighted by Gasteiger charge is 2.14. The Morgan fingerprint density at radius 1 is 1.27 bits per heavy atom. The molecule has 130 valence electrons. The molecule has 0 aliphatic carbocycles. The van der Waals surface area contributed by atoms with Crippen LogP contribution in [0.4, 0.5) is 5.13 Å². The van der Waals surface area contributed by atoms with Crippen LogP contribution in [0.15, 0.2) is 35.3 Å².